The van der Waals surface area contributed by atoms with E-state index < -0.39 is 18.0 Å². The lowest BCUT2D eigenvalue weighted by Crippen LogP contribution is -2.45. The normalized spacial score (nSPS) is 11.9. The molecule has 0 saturated heterocycles. The Kier molecular flexibility index (Phi) is 6.93. The van der Waals surface area contributed by atoms with Gasteiger partial charge in [-0.1, -0.05) is 20.3 Å². The molecule has 0 rings (SSSR count). The Morgan fingerprint density at radius 3 is 2.12 bits per heavy atom. The number of rotatable bonds is 8. The summed E-state index contributed by atoms with van der Waals surface area (Å²) in [6.45, 7) is 3.39. The van der Waals surface area contributed by atoms with Gasteiger partial charge >= 0.3 is 11.9 Å². The Labute approximate surface area is 100 Å². The zero-order valence-corrected chi connectivity index (χ0v) is 10.2. The molecule has 2 N–H and O–H groups in total. The molecule has 0 aliphatic rings. The van der Waals surface area contributed by atoms with Crippen molar-refractivity contribution in [3.8, 4) is 0 Å². The van der Waals surface area contributed by atoms with Crippen molar-refractivity contribution in [2.75, 3.05) is 6.54 Å². The van der Waals surface area contributed by atoms with E-state index >= 15 is 0 Å². The van der Waals surface area contributed by atoms with Gasteiger partial charge in [-0.3, -0.25) is 9.59 Å². The molecule has 0 fully saturated rings. The summed E-state index contributed by atoms with van der Waals surface area (Å²) in [7, 11) is 0. The van der Waals surface area contributed by atoms with Crippen LogP contribution in [0.1, 0.15) is 39.5 Å². The molecule has 1 atom stereocenters. The zero-order valence-electron chi connectivity index (χ0n) is 10.2. The van der Waals surface area contributed by atoms with Crippen LogP contribution in [-0.2, 0) is 14.4 Å². The number of aliphatic carboxylic acids is 2. The van der Waals surface area contributed by atoms with Crippen molar-refractivity contribution in [1.29, 1.82) is 0 Å². The Morgan fingerprint density at radius 2 is 1.76 bits per heavy atom. The fourth-order valence-electron chi connectivity index (χ4n) is 1.56. The Hall–Kier alpha value is -1.59. The standard InChI is InChI=1S/C11H19NO5/c1-3-5-8(11(16)17)12(9(13)4-2)7-6-10(14)15/h8H,3-7H2,1-2H3,(H,14,15)(H,16,17). The topological polar surface area (TPSA) is 94.9 Å². The maximum atomic E-state index is 11.6. The molecule has 17 heavy (non-hydrogen) atoms. The Balaban J connectivity index is 4.78. The number of nitrogens with zero attached hydrogens (tertiary/aromatic N) is 1. The fraction of sp³-hybridized carbons (Fsp3) is 0.727. The SMILES string of the molecule is CCCC(C(=O)O)N(CCC(=O)O)C(=O)CC. The highest BCUT2D eigenvalue weighted by atomic mass is 16.4. The molecule has 1 unspecified atom stereocenters. The maximum absolute atomic E-state index is 11.6. The number of carbonyl (C=O) groups excluding carboxylic acids is 1. The number of carboxylic acids is 2. The minimum absolute atomic E-state index is 0.0566. The van der Waals surface area contributed by atoms with Gasteiger partial charge in [-0.05, 0) is 6.42 Å². The van der Waals surface area contributed by atoms with E-state index in [0.29, 0.717) is 12.8 Å². The van der Waals surface area contributed by atoms with Crippen LogP contribution in [0.4, 0.5) is 0 Å². The first-order valence-corrected chi connectivity index (χ1v) is 5.68. The largest absolute Gasteiger partial charge is 0.481 e. The van der Waals surface area contributed by atoms with Gasteiger partial charge in [-0.15, -0.1) is 0 Å². The molecule has 98 valence electrons. The highest BCUT2D eigenvalue weighted by molar-refractivity contribution is 5.83. The van der Waals surface area contributed by atoms with Crippen LogP contribution < -0.4 is 0 Å². The number of hydrogen-bond acceptors (Lipinski definition) is 3. The van der Waals surface area contributed by atoms with E-state index in [9.17, 15) is 14.4 Å². The van der Waals surface area contributed by atoms with Gasteiger partial charge in [0, 0.05) is 13.0 Å². The van der Waals surface area contributed by atoms with Gasteiger partial charge in [-0.2, -0.15) is 0 Å². The van der Waals surface area contributed by atoms with E-state index in [1.807, 2.05) is 6.92 Å². The summed E-state index contributed by atoms with van der Waals surface area (Å²) in [4.78, 5) is 34.3. The smallest absolute Gasteiger partial charge is 0.326 e. The molecule has 1 amide bonds. The molecule has 0 bridgehead atoms. The van der Waals surface area contributed by atoms with Gasteiger partial charge in [-0.25, -0.2) is 4.79 Å². The van der Waals surface area contributed by atoms with E-state index in [4.69, 9.17) is 10.2 Å². The molecule has 0 spiro atoms. The molecule has 0 aliphatic heterocycles. The van der Waals surface area contributed by atoms with Crippen molar-refractivity contribution in [2.45, 2.75) is 45.6 Å². The summed E-state index contributed by atoms with van der Waals surface area (Å²) in [6.07, 6.45) is 0.893. The van der Waals surface area contributed by atoms with E-state index in [0.717, 1.165) is 4.90 Å². The van der Waals surface area contributed by atoms with Crippen LogP contribution in [0, 0.1) is 0 Å². The summed E-state index contributed by atoms with van der Waals surface area (Å²) < 4.78 is 0. The number of carbonyl (C=O) groups is 3. The van der Waals surface area contributed by atoms with E-state index in [-0.39, 0.29) is 25.3 Å². The van der Waals surface area contributed by atoms with Crippen LogP contribution in [0.2, 0.25) is 0 Å². The fourth-order valence-corrected chi connectivity index (χ4v) is 1.56. The third kappa shape index (κ3) is 5.33. The van der Waals surface area contributed by atoms with Crippen molar-refractivity contribution in [1.82, 2.24) is 4.90 Å². The lowest BCUT2D eigenvalue weighted by molar-refractivity contribution is -0.151. The second-order valence-corrected chi connectivity index (χ2v) is 3.73. The molecule has 0 radical (unpaired) electrons. The second-order valence-electron chi connectivity index (χ2n) is 3.73. The maximum Gasteiger partial charge on any atom is 0.326 e. The molecule has 0 aliphatic carbocycles. The average Bonchev–Trinajstić information content (AvgIpc) is 2.26. The van der Waals surface area contributed by atoms with Crippen LogP contribution in [-0.4, -0.2) is 45.5 Å². The van der Waals surface area contributed by atoms with Crippen molar-refractivity contribution < 1.29 is 24.6 Å². The first-order valence-electron chi connectivity index (χ1n) is 5.68. The van der Waals surface area contributed by atoms with Crippen molar-refractivity contribution >= 4 is 17.8 Å². The molecular weight excluding hydrogens is 226 g/mol. The molecule has 0 saturated carbocycles. The molecule has 0 heterocycles. The summed E-state index contributed by atoms with van der Waals surface area (Å²) in [5.41, 5.74) is 0. The summed E-state index contributed by atoms with van der Waals surface area (Å²) >= 11 is 0. The first kappa shape index (κ1) is 15.4. The third-order valence-electron chi connectivity index (χ3n) is 2.41. The predicted octanol–water partition coefficient (Wildman–Crippen LogP) is 0.953. The number of amides is 1. The number of carboxylic acid groups (broad SMARTS) is 2. The van der Waals surface area contributed by atoms with Gasteiger partial charge in [0.1, 0.15) is 6.04 Å². The molecule has 0 aromatic heterocycles. The lowest BCUT2D eigenvalue weighted by atomic mass is 10.1. The number of hydrogen-bond donors (Lipinski definition) is 2. The monoisotopic (exact) mass is 245 g/mol. The molecule has 0 aromatic rings. The lowest BCUT2D eigenvalue weighted by Gasteiger charge is -2.28. The minimum Gasteiger partial charge on any atom is -0.481 e. The van der Waals surface area contributed by atoms with E-state index in [2.05, 4.69) is 0 Å². The first-order chi connectivity index (χ1) is 7.93. The van der Waals surface area contributed by atoms with Gasteiger partial charge < -0.3 is 15.1 Å². The van der Waals surface area contributed by atoms with E-state index in [1.54, 1.807) is 6.92 Å². The van der Waals surface area contributed by atoms with Crippen LogP contribution in [0.3, 0.4) is 0 Å². The Bertz CT molecular complexity index is 290. The molecule has 6 heteroatoms. The molecule has 0 aromatic carbocycles. The summed E-state index contributed by atoms with van der Waals surface area (Å²) in [5, 5.41) is 17.6. The van der Waals surface area contributed by atoms with Crippen molar-refractivity contribution in [3.63, 3.8) is 0 Å². The second kappa shape index (κ2) is 7.65. The average molecular weight is 245 g/mol. The van der Waals surface area contributed by atoms with Gasteiger partial charge in [0.15, 0.2) is 0 Å². The Morgan fingerprint density at radius 1 is 1.18 bits per heavy atom. The van der Waals surface area contributed by atoms with Crippen LogP contribution >= 0.6 is 0 Å². The highest BCUT2D eigenvalue weighted by Crippen LogP contribution is 2.10. The zero-order chi connectivity index (χ0) is 13.4. The predicted molar refractivity (Wildman–Crippen MR) is 60.6 cm³/mol. The highest BCUT2D eigenvalue weighted by Gasteiger charge is 2.28. The third-order valence-corrected chi connectivity index (χ3v) is 2.41. The summed E-state index contributed by atoms with van der Waals surface area (Å²) in [6, 6.07) is -0.924. The molecule has 6 nitrogen and oxygen atoms in total. The molecular formula is C11H19NO5. The van der Waals surface area contributed by atoms with Crippen molar-refractivity contribution in [3.05, 3.63) is 0 Å². The van der Waals surface area contributed by atoms with Crippen molar-refractivity contribution in [2.24, 2.45) is 0 Å². The van der Waals surface area contributed by atoms with Gasteiger partial charge in [0.05, 0.1) is 6.42 Å². The van der Waals surface area contributed by atoms with Crippen LogP contribution in [0.5, 0.6) is 0 Å². The summed E-state index contributed by atoms with van der Waals surface area (Å²) in [5.74, 6) is -2.45. The van der Waals surface area contributed by atoms with Gasteiger partial charge in [0.2, 0.25) is 5.91 Å². The van der Waals surface area contributed by atoms with Crippen LogP contribution in [0.25, 0.3) is 0 Å². The van der Waals surface area contributed by atoms with Gasteiger partial charge in [0.25, 0.3) is 0 Å². The van der Waals surface area contributed by atoms with Crippen LogP contribution in [0.15, 0.2) is 0 Å². The minimum atomic E-state index is -1.08. The quantitative estimate of drug-likeness (QED) is 0.664. The van der Waals surface area contributed by atoms with E-state index in [1.165, 1.54) is 0 Å².